The molecule has 0 heterocycles. The standard InChI is InChI=1S/C24H29FO4/c1-14(17(4)21(26)19-7-9-20(25)10-8-19)11-18-12-15(2)22(16(3)13-18)29-24(5,6)23(27)28/h7-10,12-14,17H,11H2,1-6H3,(H,27,28)/t14-,17+/m1/s1. The van der Waals surface area contributed by atoms with Gasteiger partial charge in [-0.15, -0.1) is 0 Å². The molecule has 2 atom stereocenters. The summed E-state index contributed by atoms with van der Waals surface area (Å²) in [6.45, 7) is 10.7. The van der Waals surface area contributed by atoms with Crippen molar-refractivity contribution in [2.75, 3.05) is 0 Å². The SMILES string of the molecule is Cc1cc(C[C@@H](C)[C@H](C)C(=O)c2ccc(F)cc2)cc(C)c1OC(C)(C)C(=O)O. The van der Waals surface area contributed by atoms with E-state index in [0.717, 1.165) is 16.7 Å². The van der Waals surface area contributed by atoms with Gasteiger partial charge in [-0.3, -0.25) is 4.79 Å². The summed E-state index contributed by atoms with van der Waals surface area (Å²) in [5.41, 5.74) is 1.98. The third kappa shape index (κ3) is 5.43. The van der Waals surface area contributed by atoms with Crippen LogP contribution in [-0.4, -0.2) is 22.5 Å². The van der Waals surface area contributed by atoms with Crippen LogP contribution in [-0.2, 0) is 11.2 Å². The minimum Gasteiger partial charge on any atom is -0.478 e. The van der Waals surface area contributed by atoms with Crippen LogP contribution in [0.2, 0.25) is 0 Å². The molecule has 0 bridgehead atoms. The lowest BCUT2D eigenvalue weighted by atomic mass is 9.84. The molecular formula is C24H29FO4. The fraction of sp³-hybridized carbons (Fsp3) is 0.417. The number of aliphatic carboxylic acids is 1. The van der Waals surface area contributed by atoms with Crippen molar-refractivity contribution in [3.05, 3.63) is 64.5 Å². The van der Waals surface area contributed by atoms with Crippen molar-refractivity contribution >= 4 is 11.8 Å². The molecule has 2 aromatic rings. The summed E-state index contributed by atoms with van der Waals surface area (Å²) in [5, 5.41) is 9.30. The highest BCUT2D eigenvalue weighted by Crippen LogP contribution is 2.30. The first-order valence-corrected chi connectivity index (χ1v) is 9.74. The Morgan fingerprint density at radius 3 is 2.07 bits per heavy atom. The number of carbonyl (C=O) groups excluding carboxylic acids is 1. The van der Waals surface area contributed by atoms with Crippen LogP contribution >= 0.6 is 0 Å². The predicted molar refractivity (Wildman–Crippen MR) is 111 cm³/mol. The first-order chi connectivity index (χ1) is 13.4. The van der Waals surface area contributed by atoms with Gasteiger partial charge in [-0.1, -0.05) is 26.0 Å². The van der Waals surface area contributed by atoms with Gasteiger partial charge in [0.25, 0.3) is 0 Å². The summed E-state index contributed by atoms with van der Waals surface area (Å²) in [7, 11) is 0. The molecule has 0 amide bonds. The minimum absolute atomic E-state index is 0.00546. The van der Waals surface area contributed by atoms with Gasteiger partial charge >= 0.3 is 5.97 Å². The van der Waals surface area contributed by atoms with Crippen molar-refractivity contribution in [2.45, 2.75) is 53.6 Å². The second kappa shape index (κ2) is 8.76. The van der Waals surface area contributed by atoms with E-state index in [0.29, 0.717) is 17.7 Å². The maximum Gasteiger partial charge on any atom is 0.347 e. The van der Waals surface area contributed by atoms with Crippen LogP contribution in [0.5, 0.6) is 5.75 Å². The summed E-state index contributed by atoms with van der Waals surface area (Å²) in [6, 6.07) is 9.60. The third-order valence-corrected chi connectivity index (χ3v) is 5.35. The van der Waals surface area contributed by atoms with Crippen LogP contribution in [0.1, 0.15) is 54.7 Å². The van der Waals surface area contributed by atoms with Crippen molar-refractivity contribution in [3.8, 4) is 5.75 Å². The lowest BCUT2D eigenvalue weighted by molar-refractivity contribution is -0.152. The molecule has 0 spiro atoms. The number of carbonyl (C=O) groups is 2. The van der Waals surface area contributed by atoms with Crippen LogP contribution in [0, 0.1) is 31.5 Å². The Morgan fingerprint density at radius 2 is 1.59 bits per heavy atom. The zero-order valence-corrected chi connectivity index (χ0v) is 17.9. The van der Waals surface area contributed by atoms with Gasteiger partial charge < -0.3 is 9.84 Å². The van der Waals surface area contributed by atoms with Crippen LogP contribution in [0.25, 0.3) is 0 Å². The van der Waals surface area contributed by atoms with E-state index in [2.05, 4.69) is 0 Å². The molecule has 2 rings (SSSR count). The molecule has 29 heavy (non-hydrogen) atoms. The summed E-state index contributed by atoms with van der Waals surface area (Å²) in [4.78, 5) is 24.1. The van der Waals surface area contributed by atoms with Crippen LogP contribution < -0.4 is 4.74 Å². The summed E-state index contributed by atoms with van der Waals surface area (Å²) in [5.74, 6) is -0.960. The van der Waals surface area contributed by atoms with Gasteiger partial charge in [0.05, 0.1) is 0 Å². The van der Waals surface area contributed by atoms with Crippen molar-refractivity contribution in [1.82, 2.24) is 0 Å². The monoisotopic (exact) mass is 400 g/mol. The van der Waals surface area contributed by atoms with E-state index in [4.69, 9.17) is 4.74 Å². The number of carboxylic acid groups (broad SMARTS) is 1. The maximum atomic E-state index is 13.1. The number of hydrogen-bond donors (Lipinski definition) is 1. The van der Waals surface area contributed by atoms with E-state index in [1.54, 1.807) is 0 Å². The van der Waals surface area contributed by atoms with Crippen LogP contribution in [0.15, 0.2) is 36.4 Å². The number of hydrogen-bond acceptors (Lipinski definition) is 3. The van der Waals surface area contributed by atoms with Gasteiger partial charge in [-0.2, -0.15) is 0 Å². The average molecular weight is 400 g/mol. The lowest BCUT2D eigenvalue weighted by Gasteiger charge is -2.25. The molecule has 0 aliphatic rings. The van der Waals surface area contributed by atoms with E-state index in [9.17, 15) is 19.1 Å². The first-order valence-electron chi connectivity index (χ1n) is 9.74. The molecule has 0 aliphatic heterocycles. The van der Waals surface area contributed by atoms with Gasteiger partial charge in [0.1, 0.15) is 11.6 Å². The Kier molecular flexibility index (Phi) is 6.83. The topological polar surface area (TPSA) is 63.6 Å². The molecule has 0 fully saturated rings. The van der Waals surface area contributed by atoms with E-state index >= 15 is 0 Å². The molecule has 156 valence electrons. The average Bonchev–Trinajstić information content (AvgIpc) is 2.64. The summed E-state index contributed by atoms with van der Waals surface area (Å²) >= 11 is 0. The highest BCUT2D eigenvalue weighted by atomic mass is 19.1. The van der Waals surface area contributed by atoms with E-state index in [1.165, 1.54) is 38.1 Å². The van der Waals surface area contributed by atoms with Gasteiger partial charge in [0.15, 0.2) is 11.4 Å². The quantitative estimate of drug-likeness (QED) is 0.604. The number of ketones is 1. The Bertz CT molecular complexity index is 877. The number of benzene rings is 2. The number of ether oxygens (including phenoxy) is 1. The second-order valence-electron chi connectivity index (χ2n) is 8.32. The largest absolute Gasteiger partial charge is 0.478 e. The molecule has 2 aromatic carbocycles. The second-order valence-corrected chi connectivity index (χ2v) is 8.32. The number of rotatable bonds is 8. The minimum atomic E-state index is -1.32. The van der Waals surface area contributed by atoms with Gasteiger partial charge in [0, 0.05) is 11.5 Å². The molecule has 1 N–H and O–H groups in total. The molecule has 0 saturated heterocycles. The maximum absolute atomic E-state index is 13.1. The highest BCUT2D eigenvalue weighted by Gasteiger charge is 2.30. The van der Waals surface area contributed by atoms with Gasteiger partial charge in [-0.05, 0) is 81.0 Å². The Balaban J connectivity index is 2.16. The number of Topliss-reactive ketones (excluding diaryl/α,β-unsaturated/α-hetero) is 1. The first kappa shape index (κ1) is 22.6. The van der Waals surface area contributed by atoms with Crippen LogP contribution in [0.4, 0.5) is 4.39 Å². The number of halogens is 1. The zero-order valence-electron chi connectivity index (χ0n) is 17.9. The van der Waals surface area contributed by atoms with Crippen molar-refractivity contribution < 1.29 is 23.8 Å². The summed E-state index contributed by atoms with van der Waals surface area (Å²) in [6.07, 6.45) is 0.693. The molecule has 0 aromatic heterocycles. The smallest absolute Gasteiger partial charge is 0.347 e. The molecule has 0 radical (unpaired) electrons. The van der Waals surface area contributed by atoms with Crippen LogP contribution in [0.3, 0.4) is 0 Å². The lowest BCUT2D eigenvalue weighted by Crippen LogP contribution is -2.38. The van der Waals surface area contributed by atoms with E-state index < -0.39 is 11.6 Å². The van der Waals surface area contributed by atoms with Gasteiger partial charge in [-0.25, -0.2) is 9.18 Å². The van der Waals surface area contributed by atoms with Crippen molar-refractivity contribution in [2.24, 2.45) is 11.8 Å². The Hall–Kier alpha value is -2.69. The van der Waals surface area contributed by atoms with Gasteiger partial charge in [0.2, 0.25) is 0 Å². The molecule has 0 unspecified atom stereocenters. The molecule has 4 nitrogen and oxygen atoms in total. The Labute approximate surface area is 171 Å². The number of aryl methyl sites for hydroxylation is 2. The fourth-order valence-corrected chi connectivity index (χ4v) is 3.30. The molecule has 0 aliphatic carbocycles. The Morgan fingerprint density at radius 1 is 1.07 bits per heavy atom. The normalized spacial score (nSPS) is 13.6. The summed E-state index contributed by atoms with van der Waals surface area (Å²) < 4.78 is 18.9. The zero-order chi connectivity index (χ0) is 21.9. The fourth-order valence-electron chi connectivity index (χ4n) is 3.30. The molecular weight excluding hydrogens is 371 g/mol. The van der Waals surface area contributed by atoms with Crippen molar-refractivity contribution in [3.63, 3.8) is 0 Å². The number of carboxylic acids is 1. The predicted octanol–water partition coefficient (Wildman–Crippen LogP) is 5.38. The van der Waals surface area contributed by atoms with E-state index in [-0.39, 0.29) is 23.4 Å². The van der Waals surface area contributed by atoms with E-state index in [1.807, 2.05) is 39.8 Å². The van der Waals surface area contributed by atoms with Crippen molar-refractivity contribution in [1.29, 1.82) is 0 Å². The third-order valence-electron chi connectivity index (χ3n) is 5.35. The highest BCUT2D eigenvalue weighted by molar-refractivity contribution is 5.97. The molecule has 0 saturated carbocycles. The molecule has 5 heteroatoms.